The van der Waals surface area contributed by atoms with E-state index in [0.717, 1.165) is 11.3 Å². The Balaban J connectivity index is 2.04. The molecular formula is C18H20ClNO. The van der Waals surface area contributed by atoms with E-state index in [1.807, 2.05) is 30.3 Å². The molecule has 1 N–H and O–H groups in total. The summed E-state index contributed by atoms with van der Waals surface area (Å²) < 4.78 is 0. The van der Waals surface area contributed by atoms with E-state index >= 15 is 0 Å². The molecule has 0 bridgehead atoms. The molecular weight excluding hydrogens is 282 g/mol. The lowest BCUT2D eigenvalue weighted by Crippen LogP contribution is -2.16. The van der Waals surface area contributed by atoms with E-state index in [4.69, 9.17) is 11.6 Å². The van der Waals surface area contributed by atoms with Gasteiger partial charge >= 0.3 is 0 Å². The third kappa shape index (κ3) is 4.61. The van der Waals surface area contributed by atoms with E-state index in [0.29, 0.717) is 11.4 Å². The van der Waals surface area contributed by atoms with Gasteiger partial charge in [-0.1, -0.05) is 56.6 Å². The van der Waals surface area contributed by atoms with Gasteiger partial charge in [-0.3, -0.25) is 4.79 Å². The Morgan fingerprint density at radius 3 is 2.38 bits per heavy atom. The number of amides is 1. The van der Waals surface area contributed by atoms with Crippen LogP contribution in [0, 0.1) is 0 Å². The second-order valence-corrected chi connectivity index (χ2v) is 6.62. The van der Waals surface area contributed by atoms with Crippen LogP contribution in [0.3, 0.4) is 0 Å². The van der Waals surface area contributed by atoms with Crippen molar-refractivity contribution < 1.29 is 4.79 Å². The Bertz CT molecular complexity index is 626. The van der Waals surface area contributed by atoms with Gasteiger partial charge in [0.15, 0.2) is 0 Å². The van der Waals surface area contributed by atoms with Crippen LogP contribution in [0.5, 0.6) is 0 Å². The molecule has 0 saturated heterocycles. The number of benzene rings is 2. The smallest absolute Gasteiger partial charge is 0.228 e. The van der Waals surface area contributed by atoms with Crippen molar-refractivity contribution in [1.29, 1.82) is 0 Å². The van der Waals surface area contributed by atoms with Gasteiger partial charge in [0.1, 0.15) is 0 Å². The van der Waals surface area contributed by atoms with Gasteiger partial charge in [-0.2, -0.15) is 0 Å². The van der Waals surface area contributed by atoms with Crippen LogP contribution in [-0.2, 0) is 16.6 Å². The Morgan fingerprint density at radius 1 is 1.10 bits per heavy atom. The van der Waals surface area contributed by atoms with Crippen molar-refractivity contribution in [1.82, 2.24) is 0 Å². The molecule has 0 aliphatic heterocycles. The van der Waals surface area contributed by atoms with E-state index in [2.05, 4.69) is 32.2 Å². The molecule has 110 valence electrons. The summed E-state index contributed by atoms with van der Waals surface area (Å²) in [5.41, 5.74) is 3.05. The van der Waals surface area contributed by atoms with Crippen molar-refractivity contribution in [3.8, 4) is 0 Å². The lowest BCUT2D eigenvalue weighted by molar-refractivity contribution is -0.115. The molecule has 0 aliphatic rings. The summed E-state index contributed by atoms with van der Waals surface area (Å²) in [5.74, 6) is -0.0246. The van der Waals surface area contributed by atoms with E-state index in [-0.39, 0.29) is 11.3 Å². The average molecular weight is 302 g/mol. The number of nitrogens with one attached hydrogen (secondary N) is 1. The fourth-order valence-electron chi connectivity index (χ4n) is 2.06. The zero-order valence-corrected chi connectivity index (χ0v) is 13.4. The van der Waals surface area contributed by atoms with Crippen LogP contribution in [0.4, 0.5) is 5.69 Å². The van der Waals surface area contributed by atoms with Crippen molar-refractivity contribution in [2.75, 3.05) is 5.32 Å². The van der Waals surface area contributed by atoms with Crippen LogP contribution in [-0.4, -0.2) is 5.91 Å². The highest BCUT2D eigenvalue weighted by atomic mass is 35.5. The van der Waals surface area contributed by atoms with Crippen molar-refractivity contribution in [3.63, 3.8) is 0 Å². The summed E-state index contributed by atoms with van der Waals surface area (Å²) in [7, 11) is 0. The second kappa shape index (κ2) is 6.31. The first-order valence-electron chi connectivity index (χ1n) is 6.99. The normalized spacial score (nSPS) is 11.2. The van der Waals surface area contributed by atoms with Gasteiger partial charge in [0, 0.05) is 10.7 Å². The Morgan fingerprint density at radius 2 is 1.76 bits per heavy atom. The number of hydrogen-bond acceptors (Lipinski definition) is 1. The molecule has 21 heavy (non-hydrogen) atoms. The molecule has 0 atom stereocenters. The van der Waals surface area contributed by atoms with Crippen LogP contribution >= 0.6 is 11.6 Å². The Hall–Kier alpha value is -1.80. The minimum atomic E-state index is -0.0246. The molecule has 2 aromatic carbocycles. The maximum atomic E-state index is 12.1. The Labute approximate surface area is 131 Å². The molecule has 0 saturated carbocycles. The van der Waals surface area contributed by atoms with Gasteiger partial charge in [-0.25, -0.2) is 0 Å². The van der Waals surface area contributed by atoms with Crippen molar-refractivity contribution in [3.05, 3.63) is 64.7 Å². The highest BCUT2D eigenvalue weighted by Crippen LogP contribution is 2.24. The third-order valence-electron chi connectivity index (χ3n) is 3.29. The minimum absolute atomic E-state index is 0.0246. The van der Waals surface area contributed by atoms with Crippen molar-refractivity contribution in [2.45, 2.75) is 32.6 Å². The maximum absolute atomic E-state index is 12.1. The van der Waals surface area contributed by atoms with Crippen LogP contribution < -0.4 is 5.32 Å². The van der Waals surface area contributed by atoms with E-state index in [1.165, 1.54) is 5.56 Å². The molecule has 2 nitrogen and oxygen atoms in total. The summed E-state index contributed by atoms with van der Waals surface area (Å²) in [5, 5.41) is 3.62. The Kier molecular flexibility index (Phi) is 4.69. The van der Waals surface area contributed by atoms with Gasteiger partial charge < -0.3 is 5.32 Å². The van der Waals surface area contributed by atoms with E-state index < -0.39 is 0 Å². The fraction of sp³-hybridized carbons (Fsp3) is 0.278. The van der Waals surface area contributed by atoms with Crippen LogP contribution in [0.25, 0.3) is 0 Å². The molecule has 0 radical (unpaired) electrons. The van der Waals surface area contributed by atoms with Crippen molar-refractivity contribution in [2.24, 2.45) is 0 Å². The second-order valence-electron chi connectivity index (χ2n) is 6.18. The lowest BCUT2D eigenvalue weighted by Gasteiger charge is -2.19. The highest BCUT2D eigenvalue weighted by molar-refractivity contribution is 6.30. The van der Waals surface area contributed by atoms with Crippen LogP contribution in [0.1, 0.15) is 31.9 Å². The van der Waals surface area contributed by atoms with Gasteiger partial charge in [0.25, 0.3) is 0 Å². The summed E-state index contributed by atoms with van der Waals surface area (Å²) in [4.78, 5) is 12.1. The largest absolute Gasteiger partial charge is 0.326 e. The molecule has 0 unspecified atom stereocenters. The standard InChI is InChI=1S/C18H20ClNO/c1-18(2,3)14-5-4-6-16(12-14)20-17(21)11-13-7-9-15(19)10-8-13/h4-10,12H,11H2,1-3H3,(H,20,21). The summed E-state index contributed by atoms with van der Waals surface area (Å²) in [6.07, 6.45) is 0.344. The predicted molar refractivity (Wildman–Crippen MR) is 88.9 cm³/mol. The molecule has 0 heterocycles. The topological polar surface area (TPSA) is 29.1 Å². The maximum Gasteiger partial charge on any atom is 0.228 e. The van der Waals surface area contributed by atoms with Gasteiger partial charge in [0.05, 0.1) is 6.42 Å². The van der Waals surface area contributed by atoms with E-state index in [9.17, 15) is 4.79 Å². The monoisotopic (exact) mass is 301 g/mol. The first-order valence-corrected chi connectivity index (χ1v) is 7.37. The summed E-state index contributed by atoms with van der Waals surface area (Å²) >= 11 is 5.84. The number of halogens is 1. The number of rotatable bonds is 3. The lowest BCUT2D eigenvalue weighted by atomic mass is 9.87. The summed E-state index contributed by atoms with van der Waals surface area (Å²) in [6.45, 7) is 6.46. The number of hydrogen-bond donors (Lipinski definition) is 1. The van der Waals surface area contributed by atoms with Crippen LogP contribution in [0.2, 0.25) is 5.02 Å². The van der Waals surface area contributed by atoms with Gasteiger partial charge in [0.2, 0.25) is 5.91 Å². The molecule has 2 rings (SSSR count). The zero-order valence-electron chi connectivity index (χ0n) is 12.6. The SMILES string of the molecule is CC(C)(C)c1cccc(NC(=O)Cc2ccc(Cl)cc2)c1. The minimum Gasteiger partial charge on any atom is -0.326 e. The molecule has 0 aliphatic carbocycles. The molecule has 3 heteroatoms. The summed E-state index contributed by atoms with van der Waals surface area (Å²) in [6, 6.07) is 15.3. The fourth-order valence-corrected chi connectivity index (χ4v) is 2.18. The molecule has 2 aromatic rings. The number of carbonyl (C=O) groups excluding carboxylic acids is 1. The third-order valence-corrected chi connectivity index (χ3v) is 3.54. The molecule has 0 fully saturated rings. The van der Waals surface area contributed by atoms with Crippen LogP contribution in [0.15, 0.2) is 48.5 Å². The average Bonchev–Trinajstić information content (AvgIpc) is 2.41. The zero-order chi connectivity index (χ0) is 15.5. The van der Waals surface area contributed by atoms with E-state index in [1.54, 1.807) is 12.1 Å². The molecule has 0 spiro atoms. The van der Waals surface area contributed by atoms with Gasteiger partial charge in [-0.15, -0.1) is 0 Å². The predicted octanol–water partition coefficient (Wildman–Crippen LogP) is 4.82. The van der Waals surface area contributed by atoms with Gasteiger partial charge in [-0.05, 0) is 40.8 Å². The number of anilines is 1. The highest BCUT2D eigenvalue weighted by Gasteiger charge is 2.14. The molecule has 0 aromatic heterocycles. The first kappa shape index (κ1) is 15.6. The van der Waals surface area contributed by atoms with Crippen molar-refractivity contribution >= 4 is 23.2 Å². The molecule has 1 amide bonds. The first-order chi connectivity index (χ1) is 9.84. The number of carbonyl (C=O) groups is 1. The quantitative estimate of drug-likeness (QED) is 0.865.